The maximum absolute atomic E-state index is 12.0. The molecular weight excluding hydrogens is 320 g/mol. The first-order valence-corrected chi connectivity index (χ1v) is 9.88. The summed E-state index contributed by atoms with van der Waals surface area (Å²) < 4.78 is 0. The van der Waals surface area contributed by atoms with Gasteiger partial charge in [0.15, 0.2) is 0 Å². The molecule has 24 heavy (non-hydrogen) atoms. The van der Waals surface area contributed by atoms with Gasteiger partial charge in [-0.15, -0.1) is 11.3 Å². The van der Waals surface area contributed by atoms with E-state index in [2.05, 4.69) is 44.9 Å². The Morgan fingerprint density at radius 3 is 2.75 bits per heavy atom. The molecule has 2 rings (SSSR count). The number of piperidine rings is 1. The number of urea groups is 1. The van der Waals surface area contributed by atoms with Crippen molar-refractivity contribution in [2.24, 2.45) is 5.92 Å². The number of nitrogens with one attached hydrogen (secondary N) is 2. The molecule has 1 fully saturated rings. The summed E-state index contributed by atoms with van der Waals surface area (Å²) in [6, 6.07) is 4.34. The van der Waals surface area contributed by atoms with Crippen LogP contribution < -0.4 is 10.6 Å². The summed E-state index contributed by atoms with van der Waals surface area (Å²) in [5.74, 6) is 0.873. The van der Waals surface area contributed by atoms with E-state index in [0.29, 0.717) is 6.54 Å². The van der Waals surface area contributed by atoms with Gasteiger partial charge in [-0.3, -0.25) is 0 Å². The van der Waals surface area contributed by atoms with E-state index in [9.17, 15) is 4.79 Å². The van der Waals surface area contributed by atoms with Gasteiger partial charge in [-0.1, -0.05) is 13.0 Å². The first-order chi connectivity index (χ1) is 11.6. The largest absolute Gasteiger partial charge is 0.338 e. The van der Waals surface area contributed by atoms with Crippen molar-refractivity contribution in [3.8, 4) is 0 Å². The summed E-state index contributed by atoms with van der Waals surface area (Å²) in [4.78, 5) is 17.9. The van der Waals surface area contributed by atoms with Crippen LogP contribution in [0.4, 0.5) is 4.79 Å². The maximum Gasteiger partial charge on any atom is 0.314 e. The van der Waals surface area contributed by atoms with Crippen LogP contribution >= 0.6 is 11.3 Å². The Bertz CT molecular complexity index is 469. The molecule has 1 aromatic rings. The van der Waals surface area contributed by atoms with Gasteiger partial charge < -0.3 is 20.4 Å². The number of hydrogen-bond donors (Lipinski definition) is 2. The topological polar surface area (TPSA) is 47.6 Å². The minimum atomic E-state index is -0.0642. The maximum atomic E-state index is 12.0. The third-order valence-electron chi connectivity index (χ3n) is 4.76. The molecule has 2 amide bonds. The third-order valence-corrected chi connectivity index (χ3v) is 5.74. The molecule has 1 atom stereocenters. The monoisotopic (exact) mass is 352 g/mol. The van der Waals surface area contributed by atoms with Gasteiger partial charge in [0.1, 0.15) is 0 Å². The van der Waals surface area contributed by atoms with Crippen LogP contribution in [-0.4, -0.2) is 62.7 Å². The number of amides is 2. The Hall–Kier alpha value is -1.11. The molecule has 2 heterocycles. The molecule has 136 valence electrons. The Balaban J connectivity index is 1.59. The molecule has 5 nitrogen and oxygen atoms in total. The van der Waals surface area contributed by atoms with Crippen molar-refractivity contribution >= 4 is 17.4 Å². The lowest BCUT2D eigenvalue weighted by Gasteiger charge is -2.30. The zero-order valence-electron chi connectivity index (χ0n) is 15.3. The highest BCUT2D eigenvalue weighted by atomic mass is 32.1. The van der Waals surface area contributed by atoms with Gasteiger partial charge in [0.25, 0.3) is 0 Å². The molecule has 0 radical (unpaired) electrons. The molecule has 1 saturated heterocycles. The second kappa shape index (κ2) is 10.0. The second-order valence-corrected chi connectivity index (χ2v) is 7.99. The van der Waals surface area contributed by atoms with Crippen molar-refractivity contribution in [3.05, 3.63) is 22.4 Å². The number of hydrogen-bond acceptors (Lipinski definition) is 4. The van der Waals surface area contributed by atoms with Crippen molar-refractivity contribution in [2.75, 3.05) is 46.8 Å². The Labute approximate surface area is 150 Å². The summed E-state index contributed by atoms with van der Waals surface area (Å²) in [5, 5.41) is 8.05. The van der Waals surface area contributed by atoms with Gasteiger partial charge in [0.2, 0.25) is 0 Å². The molecular formula is C18H32N4OS. The highest BCUT2D eigenvalue weighted by Crippen LogP contribution is 2.22. The van der Waals surface area contributed by atoms with E-state index in [1.807, 2.05) is 14.1 Å². The van der Waals surface area contributed by atoms with Crippen molar-refractivity contribution in [1.29, 1.82) is 0 Å². The van der Waals surface area contributed by atoms with Crippen LogP contribution in [0.15, 0.2) is 17.5 Å². The molecule has 0 aliphatic carbocycles. The van der Waals surface area contributed by atoms with Gasteiger partial charge in [0.05, 0.1) is 6.04 Å². The molecule has 2 N–H and O–H groups in total. The zero-order chi connectivity index (χ0) is 17.4. The van der Waals surface area contributed by atoms with Gasteiger partial charge in [-0.25, -0.2) is 4.79 Å². The fourth-order valence-electron chi connectivity index (χ4n) is 3.06. The van der Waals surface area contributed by atoms with Crippen LogP contribution in [-0.2, 0) is 0 Å². The fraction of sp³-hybridized carbons (Fsp3) is 0.722. The number of likely N-dealkylation sites (tertiary alicyclic amines) is 1. The molecule has 6 heteroatoms. The Kier molecular flexibility index (Phi) is 8.02. The van der Waals surface area contributed by atoms with Crippen LogP contribution in [0.2, 0.25) is 0 Å². The Morgan fingerprint density at radius 2 is 2.12 bits per heavy atom. The second-order valence-electron chi connectivity index (χ2n) is 7.01. The first kappa shape index (κ1) is 19.2. The average Bonchev–Trinajstić information content (AvgIpc) is 3.07. The average molecular weight is 353 g/mol. The summed E-state index contributed by atoms with van der Waals surface area (Å²) >= 11 is 1.73. The van der Waals surface area contributed by atoms with Crippen LogP contribution in [0.25, 0.3) is 0 Å². The SMILES string of the molecule is CC1CCN(CCCNC(=O)NCC(c2cccs2)N(C)C)CC1. The van der Waals surface area contributed by atoms with E-state index in [-0.39, 0.29) is 12.1 Å². The third kappa shape index (κ3) is 6.42. The van der Waals surface area contributed by atoms with E-state index in [1.54, 1.807) is 11.3 Å². The number of nitrogens with zero attached hydrogens (tertiary/aromatic N) is 2. The lowest BCUT2D eigenvalue weighted by Crippen LogP contribution is -2.41. The minimum absolute atomic E-state index is 0.0642. The van der Waals surface area contributed by atoms with Gasteiger partial charge >= 0.3 is 6.03 Å². The first-order valence-electron chi connectivity index (χ1n) is 9.00. The Morgan fingerprint density at radius 1 is 1.38 bits per heavy atom. The molecule has 0 saturated carbocycles. The number of rotatable bonds is 8. The molecule has 1 aliphatic heterocycles. The van der Waals surface area contributed by atoms with E-state index in [4.69, 9.17) is 0 Å². The van der Waals surface area contributed by atoms with Crippen LogP contribution in [0, 0.1) is 5.92 Å². The van der Waals surface area contributed by atoms with E-state index in [0.717, 1.165) is 25.4 Å². The van der Waals surface area contributed by atoms with Crippen molar-refractivity contribution in [1.82, 2.24) is 20.4 Å². The predicted octanol–water partition coefficient (Wildman–Crippen LogP) is 2.77. The quantitative estimate of drug-likeness (QED) is 0.707. The molecule has 0 bridgehead atoms. The molecule has 1 unspecified atom stereocenters. The highest BCUT2D eigenvalue weighted by molar-refractivity contribution is 7.10. The van der Waals surface area contributed by atoms with Crippen molar-refractivity contribution in [2.45, 2.75) is 32.2 Å². The van der Waals surface area contributed by atoms with E-state index >= 15 is 0 Å². The van der Waals surface area contributed by atoms with E-state index in [1.165, 1.54) is 30.8 Å². The van der Waals surface area contributed by atoms with E-state index < -0.39 is 0 Å². The van der Waals surface area contributed by atoms with Gasteiger partial charge in [-0.05, 0) is 70.4 Å². The van der Waals surface area contributed by atoms with Crippen LogP contribution in [0.5, 0.6) is 0 Å². The van der Waals surface area contributed by atoms with Gasteiger partial charge in [-0.2, -0.15) is 0 Å². The summed E-state index contributed by atoms with van der Waals surface area (Å²) in [5.41, 5.74) is 0. The molecule has 1 aromatic heterocycles. The summed E-state index contributed by atoms with van der Waals surface area (Å²) in [7, 11) is 4.09. The molecule has 0 aromatic carbocycles. The lowest BCUT2D eigenvalue weighted by atomic mass is 9.99. The number of carbonyl (C=O) groups excluding carboxylic acids is 1. The molecule has 1 aliphatic rings. The number of thiophene rings is 1. The summed E-state index contributed by atoms with van der Waals surface area (Å²) in [6.07, 6.45) is 3.63. The zero-order valence-corrected chi connectivity index (χ0v) is 16.1. The summed E-state index contributed by atoms with van der Waals surface area (Å²) in [6.45, 7) is 7.20. The van der Waals surface area contributed by atoms with Crippen LogP contribution in [0.1, 0.15) is 37.1 Å². The number of carbonyl (C=O) groups is 1. The van der Waals surface area contributed by atoms with Crippen molar-refractivity contribution < 1.29 is 4.79 Å². The van der Waals surface area contributed by atoms with Crippen molar-refractivity contribution in [3.63, 3.8) is 0 Å². The lowest BCUT2D eigenvalue weighted by molar-refractivity contribution is 0.190. The standard InChI is InChI=1S/C18H32N4OS/c1-15-7-11-22(12-8-15)10-5-9-19-18(23)20-14-16(21(2)3)17-6-4-13-24-17/h4,6,13,15-16H,5,7-12,14H2,1-3H3,(H2,19,20,23). The number of likely N-dealkylation sites (N-methyl/N-ethyl adjacent to an activating group) is 1. The molecule has 0 spiro atoms. The predicted molar refractivity (Wildman–Crippen MR) is 102 cm³/mol. The highest BCUT2D eigenvalue weighted by Gasteiger charge is 2.17. The van der Waals surface area contributed by atoms with Crippen LogP contribution in [0.3, 0.4) is 0 Å². The fourth-order valence-corrected chi connectivity index (χ4v) is 3.98. The van der Waals surface area contributed by atoms with Gasteiger partial charge in [0, 0.05) is 18.0 Å². The normalized spacial score (nSPS) is 17.8. The smallest absolute Gasteiger partial charge is 0.314 e. The minimum Gasteiger partial charge on any atom is -0.338 e.